The first-order valence-corrected chi connectivity index (χ1v) is 7.05. The van der Waals surface area contributed by atoms with Crippen molar-refractivity contribution < 1.29 is 4.74 Å². The van der Waals surface area contributed by atoms with Crippen LogP contribution in [0.25, 0.3) is 0 Å². The molecule has 21 heavy (non-hydrogen) atoms. The molecule has 1 aromatic rings. The molecule has 0 aliphatic rings. The van der Waals surface area contributed by atoms with Gasteiger partial charge in [-0.2, -0.15) is 0 Å². The molecule has 1 aromatic carbocycles. The quantitative estimate of drug-likeness (QED) is 0.396. The molecule has 0 heterocycles. The number of unbranched alkanes of at least 4 members (excludes halogenated alkanes) is 1. The minimum Gasteiger partial charge on any atom is -0.497 e. The zero-order chi connectivity index (χ0) is 14.8. The van der Waals surface area contributed by atoms with Crippen LogP contribution in [0.15, 0.2) is 29.3 Å². The van der Waals surface area contributed by atoms with E-state index in [-0.39, 0.29) is 24.0 Å². The van der Waals surface area contributed by atoms with E-state index < -0.39 is 0 Å². The maximum absolute atomic E-state index is 5.85. The van der Waals surface area contributed by atoms with Crippen LogP contribution in [0.3, 0.4) is 0 Å². The number of halogens is 1. The molecular formula is C15H27IN4O. The van der Waals surface area contributed by atoms with Crippen molar-refractivity contribution in [1.29, 1.82) is 0 Å². The highest BCUT2D eigenvalue weighted by atomic mass is 127. The van der Waals surface area contributed by atoms with Gasteiger partial charge in [0.15, 0.2) is 5.96 Å². The lowest BCUT2D eigenvalue weighted by Crippen LogP contribution is -2.26. The molecule has 120 valence electrons. The fourth-order valence-corrected chi connectivity index (χ4v) is 1.74. The Morgan fingerprint density at radius 1 is 1.29 bits per heavy atom. The van der Waals surface area contributed by atoms with Crippen molar-refractivity contribution in [3.8, 4) is 5.75 Å². The smallest absolute Gasteiger partial charge is 0.193 e. The molecule has 0 saturated heterocycles. The van der Waals surface area contributed by atoms with Crippen LogP contribution in [0.1, 0.15) is 19.8 Å². The largest absolute Gasteiger partial charge is 0.497 e. The number of benzene rings is 1. The molecule has 1 rings (SSSR count). The number of likely N-dealkylation sites (N-methyl/N-ethyl adjacent to an activating group) is 1. The molecule has 0 atom stereocenters. The summed E-state index contributed by atoms with van der Waals surface area (Å²) in [6.45, 7) is 4.93. The molecule has 0 aromatic heterocycles. The summed E-state index contributed by atoms with van der Waals surface area (Å²) in [4.78, 5) is 6.59. The van der Waals surface area contributed by atoms with Gasteiger partial charge in [0, 0.05) is 12.2 Å². The van der Waals surface area contributed by atoms with Crippen LogP contribution in [0.5, 0.6) is 5.75 Å². The van der Waals surface area contributed by atoms with Gasteiger partial charge in [-0.1, -0.05) is 13.3 Å². The molecule has 0 aliphatic carbocycles. The predicted octanol–water partition coefficient (Wildman–Crippen LogP) is 2.77. The van der Waals surface area contributed by atoms with E-state index in [1.807, 2.05) is 24.3 Å². The molecule has 0 fully saturated rings. The summed E-state index contributed by atoms with van der Waals surface area (Å²) >= 11 is 0. The van der Waals surface area contributed by atoms with Gasteiger partial charge in [-0.15, -0.1) is 24.0 Å². The van der Waals surface area contributed by atoms with Crippen molar-refractivity contribution in [2.45, 2.75) is 19.8 Å². The van der Waals surface area contributed by atoms with Crippen molar-refractivity contribution in [3.63, 3.8) is 0 Å². The number of guanidine groups is 1. The molecule has 0 spiro atoms. The second-order valence-electron chi connectivity index (χ2n) is 4.78. The summed E-state index contributed by atoms with van der Waals surface area (Å²) in [5.41, 5.74) is 6.76. The molecule has 3 N–H and O–H groups in total. The Morgan fingerprint density at radius 3 is 2.52 bits per heavy atom. The molecule has 5 nitrogen and oxygen atoms in total. The number of nitrogens with one attached hydrogen (secondary N) is 1. The van der Waals surface area contributed by atoms with Crippen LogP contribution >= 0.6 is 24.0 Å². The molecule has 0 bridgehead atoms. The number of ether oxygens (including phenoxy) is 1. The van der Waals surface area contributed by atoms with Gasteiger partial charge in [0.05, 0.1) is 13.7 Å². The number of rotatable bonds is 8. The molecule has 0 aliphatic heterocycles. The van der Waals surface area contributed by atoms with Gasteiger partial charge in [-0.05, 0) is 44.3 Å². The van der Waals surface area contributed by atoms with Crippen LogP contribution in [0.2, 0.25) is 0 Å². The lowest BCUT2D eigenvalue weighted by Gasteiger charge is -2.14. The fraction of sp³-hybridized carbons (Fsp3) is 0.533. The van der Waals surface area contributed by atoms with E-state index in [0.717, 1.165) is 24.5 Å². The molecule has 0 saturated carbocycles. The number of hydrogen-bond acceptors (Lipinski definition) is 3. The SMILES string of the molecule is CCCCN(C)CCN=C(N)Nc1ccc(OC)cc1.I. The van der Waals surface area contributed by atoms with Gasteiger partial charge in [0.2, 0.25) is 0 Å². The Kier molecular flexibility index (Phi) is 11.1. The Hall–Kier alpha value is -1.02. The minimum atomic E-state index is 0. The molecular weight excluding hydrogens is 379 g/mol. The third-order valence-electron chi connectivity index (χ3n) is 3.02. The Labute approximate surface area is 145 Å². The summed E-state index contributed by atoms with van der Waals surface area (Å²) in [6, 6.07) is 7.59. The van der Waals surface area contributed by atoms with E-state index in [0.29, 0.717) is 12.5 Å². The van der Waals surface area contributed by atoms with Gasteiger partial charge < -0.3 is 20.7 Å². The lowest BCUT2D eigenvalue weighted by molar-refractivity contribution is 0.337. The maximum Gasteiger partial charge on any atom is 0.193 e. The van der Waals surface area contributed by atoms with Crippen LogP contribution in [-0.4, -0.2) is 44.7 Å². The van der Waals surface area contributed by atoms with Crippen molar-refractivity contribution in [2.24, 2.45) is 10.7 Å². The average molecular weight is 406 g/mol. The lowest BCUT2D eigenvalue weighted by atomic mass is 10.3. The first kappa shape index (κ1) is 20.0. The Morgan fingerprint density at radius 2 is 1.95 bits per heavy atom. The van der Waals surface area contributed by atoms with Gasteiger partial charge in [-0.3, -0.25) is 4.99 Å². The maximum atomic E-state index is 5.85. The zero-order valence-corrected chi connectivity index (χ0v) is 15.5. The van der Waals surface area contributed by atoms with Gasteiger partial charge in [-0.25, -0.2) is 0 Å². The van der Waals surface area contributed by atoms with E-state index in [4.69, 9.17) is 10.5 Å². The molecule has 6 heteroatoms. The van der Waals surface area contributed by atoms with E-state index in [2.05, 4.69) is 29.2 Å². The third kappa shape index (κ3) is 8.77. The van der Waals surface area contributed by atoms with E-state index in [1.165, 1.54) is 12.8 Å². The highest BCUT2D eigenvalue weighted by molar-refractivity contribution is 14.0. The summed E-state index contributed by atoms with van der Waals surface area (Å²) in [5.74, 6) is 1.27. The fourth-order valence-electron chi connectivity index (χ4n) is 1.74. The Bertz CT molecular complexity index is 409. The number of anilines is 1. The molecule has 0 amide bonds. The van der Waals surface area contributed by atoms with E-state index >= 15 is 0 Å². The topological polar surface area (TPSA) is 62.9 Å². The van der Waals surface area contributed by atoms with Crippen molar-refractivity contribution >= 4 is 35.6 Å². The predicted molar refractivity (Wildman–Crippen MR) is 101 cm³/mol. The minimum absolute atomic E-state index is 0. The first-order chi connectivity index (χ1) is 9.65. The number of hydrogen-bond donors (Lipinski definition) is 2. The number of methoxy groups -OCH3 is 1. The highest BCUT2D eigenvalue weighted by Crippen LogP contribution is 2.14. The normalized spacial score (nSPS) is 11.1. The van der Waals surface area contributed by atoms with Crippen LogP contribution in [-0.2, 0) is 0 Å². The van der Waals surface area contributed by atoms with E-state index in [1.54, 1.807) is 7.11 Å². The van der Waals surface area contributed by atoms with Gasteiger partial charge >= 0.3 is 0 Å². The van der Waals surface area contributed by atoms with E-state index in [9.17, 15) is 0 Å². The third-order valence-corrected chi connectivity index (χ3v) is 3.02. The second kappa shape index (κ2) is 11.6. The number of nitrogens with zero attached hydrogens (tertiary/aromatic N) is 2. The zero-order valence-electron chi connectivity index (χ0n) is 13.1. The summed E-state index contributed by atoms with van der Waals surface area (Å²) in [5, 5.41) is 3.06. The highest BCUT2D eigenvalue weighted by Gasteiger charge is 1.98. The second-order valence-corrected chi connectivity index (χ2v) is 4.78. The van der Waals surface area contributed by atoms with Crippen molar-refractivity contribution in [3.05, 3.63) is 24.3 Å². The summed E-state index contributed by atoms with van der Waals surface area (Å²) in [6.07, 6.45) is 2.44. The molecule has 0 unspecified atom stereocenters. The number of aliphatic imine (C=N–C) groups is 1. The first-order valence-electron chi connectivity index (χ1n) is 7.05. The van der Waals surface area contributed by atoms with Crippen LogP contribution in [0, 0.1) is 0 Å². The van der Waals surface area contributed by atoms with Crippen LogP contribution in [0.4, 0.5) is 5.69 Å². The van der Waals surface area contributed by atoms with Crippen molar-refractivity contribution in [2.75, 3.05) is 39.1 Å². The van der Waals surface area contributed by atoms with Crippen LogP contribution < -0.4 is 15.8 Å². The van der Waals surface area contributed by atoms with Gasteiger partial charge in [0.25, 0.3) is 0 Å². The molecule has 0 radical (unpaired) electrons. The number of nitrogens with two attached hydrogens (primary N) is 1. The standard InChI is InChI=1S/C15H26N4O.HI/c1-4-5-11-19(2)12-10-17-15(16)18-13-6-8-14(20-3)9-7-13;/h6-9H,4-5,10-12H2,1-3H3,(H3,16,17,18);1H. The van der Waals surface area contributed by atoms with Crippen molar-refractivity contribution in [1.82, 2.24) is 4.90 Å². The average Bonchev–Trinajstić information content (AvgIpc) is 2.46. The Balaban J connectivity index is 0.00000400. The summed E-state index contributed by atoms with van der Waals surface area (Å²) < 4.78 is 5.10. The monoisotopic (exact) mass is 406 g/mol. The summed E-state index contributed by atoms with van der Waals surface area (Å²) in [7, 11) is 3.76. The van der Waals surface area contributed by atoms with Gasteiger partial charge in [0.1, 0.15) is 5.75 Å².